The molecule has 31 heavy (non-hydrogen) atoms. The number of ether oxygens (including phenoxy) is 2. The predicted molar refractivity (Wildman–Crippen MR) is 122 cm³/mol. The summed E-state index contributed by atoms with van der Waals surface area (Å²) in [5.74, 6) is 1.87. The first-order valence-corrected chi connectivity index (χ1v) is 10.0. The molecule has 4 aromatic rings. The Labute approximate surface area is 180 Å². The summed E-state index contributed by atoms with van der Waals surface area (Å²) in [5.41, 5.74) is 3.77. The van der Waals surface area contributed by atoms with Crippen LogP contribution in [0.15, 0.2) is 69.9 Å². The van der Waals surface area contributed by atoms with Gasteiger partial charge in [-0.25, -0.2) is 0 Å². The summed E-state index contributed by atoms with van der Waals surface area (Å²) in [4.78, 5) is 13.0. The topological polar surface area (TPSA) is 68.9 Å². The van der Waals surface area contributed by atoms with Gasteiger partial charge in [-0.15, -0.1) is 0 Å². The number of phenolic OH excluding ortho intramolecular Hbond substituents is 1. The van der Waals surface area contributed by atoms with Crippen molar-refractivity contribution in [2.24, 2.45) is 0 Å². The van der Waals surface area contributed by atoms with Crippen LogP contribution in [-0.2, 0) is 0 Å². The normalized spacial score (nSPS) is 11.1. The van der Waals surface area contributed by atoms with Crippen molar-refractivity contribution in [2.45, 2.75) is 19.8 Å². The van der Waals surface area contributed by atoms with E-state index >= 15 is 0 Å². The Morgan fingerprint density at radius 3 is 2.26 bits per heavy atom. The third-order valence-corrected chi connectivity index (χ3v) is 5.38. The van der Waals surface area contributed by atoms with E-state index in [2.05, 4.69) is 26.0 Å². The summed E-state index contributed by atoms with van der Waals surface area (Å²) < 4.78 is 16.8. The van der Waals surface area contributed by atoms with E-state index in [1.807, 2.05) is 12.1 Å². The van der Waals surface area contributed by atoms with Gasteiger partial charge in [-0.3, -0.25) is 4.79 Å². The highest BCUT2D eigenvalue weighted by molar-refractivity contribution is 5.88. The summed E-state index contributed by atoms with van der Waals surface area (Å²) in [6, 6.07) is 17.9. The average molecular weight is 416 g/mol. The van der Waals surface area contributed by atoms with Crippen LogP contribution in [0, 0.1) is 0 Å². The molecule has 0 aliphatic heterocycles. The molecular weight excluding hydrogens is 392 g/mol. The van der Waals surface area contributed by atoms with Crippen LogP contribution in [0.4, 0.5) is 0 Å². The number of benzene rings is 3. The maximum atomic E-state index is 13.0. The van der Waals surface area contributed by atoms with Crippen molar-refractivity contribution in [1.82, 2.24) is 0 Å². The number of hydrogen-bond acceptors (Lipinski definition) is 5. The maximum absolute atomic E-state index is 13.0. The Balaban J connectivity index is 1.93. The molecule has 158 valence electrons. The van der Waals surface area contributed by atoms with Gasteiger partial charge in [0.05, 0.1) is 14.2 Å². The Hall–Kier alpha value is -3.73. The second-order valence-electron chi connectivity index (χ2n) is 7.68. The second kappa shape index (κ2) is 8.19. The fourth-order valence-electron chi connectivity index (χ4n) is 3.67. The van der Waals surface area contributed by atoms with Crippen LogP contribution >= 0.6 is 0 Å². The van der Waals surface area contributed by atoms with Crippen LogP contribution in [-0.4, -0.2) is 19.3 Å². The molecule has 0 amide bonds. The number of rotatable bonds is 5. The SMILES string of the molecule is COc1cc(OC)c2c(=O)cc(-c3ccc(O)cc3-c3ccc(C(C)C)cc3)oc2c1. The molecule has 0 saturated carbocycles. The van der Waals surface area contributed by atoms with Crippen LogP contribution < -0.4 is 14.9 Å². The van der Waals surface area contributed by atoms with E-state index in [-0.39, 0.29) is 11.2 Å². The van der Waals surface area contributed by atoms with Crippen molar-refractivity contribution in [3.05, 3.63) is 76.5 Å². The van der Waals surface area contributed by atoms with Gasteiger partial charge in [0.15, 0.2) is 5.43 Å². The lowest BCUT2D eigenvalue weighted by Gasteiger charge is -2.13. The summed E-state index contributed by atoms with van der Waals surface area (Å²) in [6.45, 7) is 4.28. The van der Waals surface area contributed by atoms with E-state index in [9.17, 15) is 9.90 Å². The molecule has 0 aliphatic carbocycles. The summed E-state index contributed by atoms with van der Waals surface area (Å²) in [6.07, 6.45) is 0. The van der Waals surface area contributed by atoms with Crippen molar-refractivity contribution < 1.29 is 19.0 Å². The minimum absolute atomic E-state index is 0.137. The first-order valence-electron chi connectivity index (χ1n) is 10.0. The van der Waals surface area contributed by atoms with Crippen molar-refractivity contribution in [3.8, 4) is 39.7 Å². The first-order chi connectivity index (χ1) is 14.9. The van der Waals surface area contributed by atoms with Crippen molar-refractivity contribution in [2.75, 3.05) is 14.2 Å². The van der Waals surface area contributed by atoms with Crippen LogP contribution in [0.1, 0.15) is 25.3 Å². The number of phenols is 1. The zero-order valence-corrected chi connectivity index (χ0v) is 17.9. The number of hydrogen-bond donors (Lipinski definition) is 1. The molecule has 5 heteroatoms. The molecule has 0 aliphatic rings. The number of aromatic hydroxyl groups is 1. The smallest absolute Gasteiger partial charge is 0.197 e. The first kappa shape index (κ1) is 20.5. The predicted octanol–water partition coefficient (Wildman–Crippen LogP) is 5.97. The molecule has 0 saturated heterocycles. The number of methoxy groups -OCH3 is 2. The van der Waals surface area contributed by atoms with Crippen LogP contribution in [0.3, 0.4) is 0 Å². The standard InChI is InChI=1S/C26H24O5/c1-15(2)16-5-7-17(8-6-16)21-11-18(27)9-10-20(21)23-14-22(28)26-24(30-4)12-19(29-3)13-25(26)31-23/h5-15,27H,1-4H3. The Morgan fingerprint density at radius 2 is 1.61 bits per heavy atom. The molecule has 0 fully saturated rings. The molecule has 1 aromatic heterocycles. The van der Waals surface area contributed by atoms with Crippen molar-refractivity contribution in [3.63, 3.8) is 0 Å². The third kappa shape index (κ3) is 3.87. The van der Waals surface area contributed by atoms with Crippen molar-refractivity contribution in [1.29, 1.82) is 0 Å². The fraction of sp³-hybridized carbons (Fsp3) is 0.192. The molecule has 1 N–H and O–H groups in total. The molecule has 3 aromatic carbocycles. The number of fused-ring (bicyclic) bond motifs is 1. The second-order valence-corrected chi connectivity index (χ2v) is 7.68. The van der Waals surface area contributed by atoms with Gasteiger partial charge in [0.25, 0.3) is 0 Å². The molecule has 0 radical (unpaired) electrons. The average Bonchev–Trinajstić information content (AvgIpc) is 2.78. The zero-order valence-electron chi connectivity index (χ0n) is 17.9. The minimum atomic E-state index is -0.218. The molecule has 0 bridgehead atoms. The van der Waals surface area contributed by atoms with Crippen LogP contribution in [0.2, 0.25) is 0 Å². The summed E-state index contributed by atoms with van der Waals surface area (Å²) in [7, 11) is 3.04. The van der Waals surface area contributed by atoms with E-state index in [1.165, 1.54) is 18.7 Å². The largest absolute Gasteiger partial charge is 0.508 e. The maximum Gasteiger partial charge on any atom is 0.197 e. The lowest BCUT2D eigenvalue weighted by molar-refractivity contribution is 0.396. The van der Waals surface area contributed by atoms with Gasteiger partial charge in [-0.2, -0.15) is 0 Å². The molecule has 1 heterocycles. The van der Waals surface area contributed by atoms with Crippen LogP contribution in [0.5, 0.6) is 17.2 Å². The Bertz CT molecular complexity index is 1300. The molecule has 0 atom stereocenters. The summed E-state index contributed by atoms with van der Waals surface area (Å²) in [5, 5.41) is 10.5. The molecule has 0 spiro atoms. The van der Waals surface area contributed by atoms with Crippen LogP contribution in [0.25, 0.3) is 33.4 Å². The third-order valence-electron chi connectivity index (χ3n) is 5.38. The van der Waals surface area contributed by atoms with Crippen molar-refractivity contribution >= 4 is 11.0 Å². The monoisotopic (exact) mass is 416 g/mol. The summed E-state index contributed by atoms with van der Waals surface area (Å²) >= 11 is 0. The zero-order chi connectivity index (χ0) is 22.1. The van der Waals surface area contributed by atoms with Gasteiger partial charge in [0.2, 0.25) is 0 Å². The van der Waals surface area contributed by atoms with E-state index in [4.69, 9.17) is 13.9 Å². The van der Waals surface area contributed by atoms with Gasteiger partial charge in [0.1, 0.15) is 34.0 Å². The lowest BCUT2D eigenvalue weighted by atomic mass is 9.94. The Kier molecular flexibility index (Phi) is 5.42. The molecule has 4 rings (SSSR count). The van der Waals surface area contributed by atoms with E-state index in [0.717, 1.165) is 11.1 Å². The quantitative estimate of drug-likeness (QED) is 0.434. The van der Waals surface area contributed by atoms with E-state index in [0.29, 0.717) is 39.7 Å². The van der Waals surface area contributed by atoms with Gasteiger partial charge in [-0.1, -0.05) is 38.1 Å². The highest BCUT2D eigenvalue weighted by atomic mass is 16.5. The minimum Gasteiger partial charge on any atom is -0.508 e. The molecule has 0 unspecified atom stereocenters. The highest BCUT2D eigenvalue weighted by Gasteiger charge is 2.17. The van der Waals surface area contributed by atoms with Gasteiger partial charge >= 0.3 is 0 Å². The highest BCUT2D eigenvalue weighted by Crippen LogP contribution is 2.37. The molecular formula is C26H24O5. The lowest BCUT2D eigenvalue weighted by Crippen LogP contribution is -2.03. The fourth-order valence-corrected chi connectivity index (χ4v) is 3.67. The van der Waals surface area contributed by atoms with Gasteiger partial charge < -0.3 is 19.0 Å². The molecule has 5 nitrogen and oxygen atoms in total. The van der Waals surface area contributed by atoms with Gasteiger partial charge in [0, 0.05) is 23.8 Å². The van der Waals surface area contributed by atoms with E-state index in [1.54, 1.807) is 37.4 Å². The van der Waals surface area contributed by atoms with E-state index < -0.39 is 0 Å². The Morgan fingerprint density at radius 1 is 0.871 bits per heavy atom. The van der Waals surface area contributed by atoms with Gasteiger partial charge in [-0.05, 0) is 40.8 Å².